The summed E-state index contributed by atoms with van der Waals surface area (Å²) in [7, 11) is 0. The Morgan fingerprint density at radius 2 is 1.94 bits per heavy atom. The number of hydrogen-bond donors (Lipinski definition) is 2. The van der Waals surface area contributed by atoms with Crippen LogP contribution in [0.1, 0.15) is 85.1 Å². The fourth-order valence-corrected chi connectivity index (χ4v) is 5.00. The number of carboxylic acid groups (broad SMARTS) is 1. The number of aryl methyl sites for hydroxylation is 1. The minimum Gasteiger partial charge on any atom is -0.493 e. The van der Waals surface area contributed by atoms with Crippen molar-refractivity contribution < 1.29 is 19.5 Å². The van der Waals surface area contributed by atoms with Gasteiger partial charge in [-0.1, -0.05) is 48.7 Å². The van der Waals surface area contributed by atoms with Crippen molar-refractivity contribution in [3.63, 3.8) is 0 Å². The van der Waals surface area contributed by atoms with Crippen LogP contribution in [0.25, 0.3) is 0 Å². The molecule has 0 bridgehead atoms. The van der Waals surface area contributed by atoms with Gasteiger partial charge in [0.1, 0.15) is 12.4 Å². The van der Waals surface area contributed by atoms with Gasteiger partial charge in [-0.2, -0.15) is 0 Å². The minimum atomic E-state index is -0.797. The van der Waals surface area contributed by atoms with E-state index in [-0.39, 0.29) is 6.42 Å². The molecule has 6 nitrogen and oxygen atoms in total. The quantitative estimate of drug-likeness (QED) is 0.368. The molecule has 0 aromatic heterocycles. The summed E-state index contributed by atoms with van der Waals surface area (Å²) >= 11 is 0. The molecule has 4 rings (SSSR count). The zero-order valence-electron chi connectivity index (χ0n) is 20.1. The van der Waals surface area contributed by atoms with Gasteiger partial charge in [-0.3, -0.25) is 4.79 Å². The molecule has 1 aliphatic heterocycles. The van der Waals surface area contributed by atoms with Crippen LogP contribution in [0.4, 0.5) is 0 Å². The number of aliphatic carboxylic acids is 1. The average molecular weight is 465 g/mol. The molecule has 182 valence electrons. The number of nitrogens with zero attached hydrogens (tertiary/aromatic N) is 1. The number of fused-ring (bicyclic) bond motifs is 1. The molecular formula is C28H36N2O4. The molecular weight excluding hydrogens is 428 g/mol. The highest BCUT2D eigenvalue weighted by molar-refractivity contribution is 6.02. The van der Waals surface area contributed by atoms with E-state index in [0.717, 1.165) is 41.0 Å². The highest BCUT2D eigenvalue weighted by atomic mass is 16.6. The molecule has 0 atom stereocenters. The van der Waals surface area contributed by atoms with E-state index in [1.165, 1.54) is 43.2 Å². The van der Waals surface area contributed by atoms with Crippen LogP contribution < -0.4 is 10.1 Å². The lowest BCUT2D eigenvalue weighted by molar-refractivity contribution is -0.136. The van der Waals surface area contributed by atoms with Crippen LogP contribution in [0.5, 0.6) is 5.75 Å². The molecule has 0 saturated heterocycles. The summed E-state index contributed by atoms with van der Waals surface area (Å²) in [4.78, 5) is 16.5. The first-order valence-corrected chi connectivity index (χ1v) is 12.6. The van der Waals surface area contributed by atoms with E-state index in [2.05, 4.69) is 35.6 Å². The highest BCUT2D eigenvalue weighted by Crippen LogP contribution is 2.34. The van der Waals surface area contributed by atoms with Crippen molar-refractivity contribution >= 4 is 11.7 Å². The number of carbonyl (C=O) groups is 1. The monoisotopic (exact) mass is 464 g/mol. The zero-order chi connectivity index (χ0) is 23.8. The summed E-state index contributed by atoms with van der Waals surface area (Å²) in [5.41, 5.74) is 6.94. The third kappa shape index (κ3) is 6.60. The van der Waals surface area contributed by atoms with Crippen LogP contribution in [-0.4, -0.2) is 29.9 Å². The Kier molecular flexibility index (Phi) is 8.58. The van der Waals surface area contributed by atoms with Crippen molar-refractivity contribution in [2.75, 3.05) is 13.2 Å². The van der Waals surface area contributed by atoms with Crippen molar-refractivity contribution in [3.05, 3.63) is 64.2 Å². The molecule has 0 spiro atoms. The summed E-state index contributed by atoms with van der Waals surface area (Å²) in [6.07, 6.45) is 8.50. The van der Waals surface area contributed by atoms with E-state index in [0.29, 0.717) is 32.2 Å². The first-order valence-electron chi connectivity index (χ1n) is 12.6. The number of oxime groups is 1. The molecule has 0 amide bonds. The van der Waals surface area contributed by atoms with Gasteiger partial charge >= 0.3 is 5.97 Å². The summed E-state index contributed by atoms with van der Waals surface area (Å²) < 4.78 is 5.96. The molecule has 0 unspecified atom stereocenters. The second-order valence-corrected chi connectivity index (χ2v) is 9.44. The molecule has 2 aromatic rings. The maximum atomic E-state index is 10.7. The fourth-order valence-electron chi connectivity index (χ4n) is 5.00. The second kappa shape index (κ2) is 12.0. The number of hydrogen-bond acceptors (Lipinski definition) is 5. The van der Waals surface area contributed by atoms with Crippen molar-refractivity contribution in [3.8, 4) is 5.75 Å². The third-order valence-corrected chi connectivity index (χ3v) is 6.80. The van der Waals surface area contributed by atoms with Gasteiger partial charge in [-0.05, 0) is 72.9 Å². The largest absolute Gasteiger partial charge is 0.493 e. The van der Waals surface area contributed by atoms with Gasteiger partial charge in [0, 0.05) is 18.7 Å². The van der Waals surface area contributed by atoms with Gasteiger partial charge in [-0.15, -0.1) is 0 Å². The Labute approximate surface area is 202 Å². The van der Waals surface area contributed by atoms with E-state index in [1.54, 1.807) is 0 Å². The average Bonchev–Trinajstić information content (AvgIpc) is 3.04. The fraction of sp³-hybridized carbons (Fsp3) is 0.500. The Morgan fingerprint density at radius 1 is 1.12 bits per heavy atom. The second-order valence-electron chi connectivity index (χ2n) is 9.44. The van der Waals surface area contributed by atoms with Gasteiger partial charge in [0.25, 0.3) is 0 Å². The van der Waals surface area contributed by atoms with E-state index >= 15 is 0 Å². The van der Waals surface area contributed by atoms with Gasteiger partial charge in [0.15, 0.2) is 0 Å². The molecule has 1 heterocycles. The van der Waals surface area contributed by atoms with Gasteiger partial charge in [0.2, 0.25) is 0 Å². The van der Waals surface area contributed by atoms with Crippen molar-refractivity contribution in [1.29, 1.82) is 0 Å². The lowest BCUT2D eigenvalue weighted by Crippen LogP contribution is -2.17. The summed E-state index contributed by atoms with van der Waals surface area (Å²) in [6.45, 7) is 4.35. The Bertz CT molecular complexity index is 1010. The number of carboxylic acids is 1. The highest BCUT2D eigenvalue weighted by Gasteiger charge is 2.18. The molecule has 1 aliphatic carbocycles. The van der Waals surface area contributed by atoms with Crippen LogP contribution >= 0.6 is 0 Å². The van der Waals surface area contributed by atoms with E-state index in [4.69, 9.17) is 14.7 Å². The van der Waals surface area contributed by atoms with E-state index < -0.39 is 5.97 Å². The van der Waals surface area contributed by atoms with Gasteiger partial charge < -0.3 is 20.0 Å². The van der Waals surface area contributed by atoms with E-state index in [9.17, 15) is 4.79 Å². The first kappa shape index (κ1) is 24.3. The lowest BCUT2D eigenvalue weighted by atomic mass is 9.82. The van der Waals surface area contributed by atoms with Gasteiger partial charge in [0.05, 0.1) is 18.7 Å². The summed E-state index contributed by atoms with van der Waals surface area (Å²) in [5, 5.41) is 16.4. The summed E-state index contributed by atoms with van der Waals surface area (Å²) in [5.74, 6) is 0.725. The number of nitrogens with one attached hydrogen (secondary N) is 1. The van der Waals surface area contributed by atoms with Crippen LogP contribution in [0.15, 0.2) is 41.6 Å². The molecule has 2 N–H and O–H groups in total. The van der Waals surface area contributed by atoms with Crippen LogP contribution in [0.3, 0.4) is 0 Å². The molecule has 0 radical (unpaired) electrons. The normalized spacial score (nSPS) is 17.6. The Hall–Kier alpha value is -2.86. The SMILES string of the molecule is Cc1cc(CO/N=C2\CCCOc3cc(CNCCC(=O)O)ccc32)ccc1C1CCCCC1. The van der Waals surface area contributed by atoms with Crippen LogP contribution in [-0.2, 0) is 22.8 Å². The molecule has 1 fully saturated rings. The van der Waals surface area contributed by atoms with Crippen LogP contribution in [0, 0.1) is 6.92 Å². The molecule has 34 heavy (non-hydrogen) atoms. The topological polar surface area (TPSA) is 80.2 Å². The standard InChI is InChI=1S/C28H36N2O4/c1-20-16-22(10-11-24(20)23-6-3-2-4-7-23)19-34-30-26-8-5-15-33-27-17-21(9-12-25(26)27)18-29-14-13-28(31)32/h9-12,16-17,23,29H,2-8,13-15,18-19H2,1H3,(H,31,32)/b30-26+. The Balaban J connectivity index is 1.37. The summed E-state index contributed by atoms with van der Waals surface area (Å²) in [6, 6.07) is 12.8. The predicted octanol–water partition coefficient (Wildman–Crippen LogP) is 5.70. The number of rotatable bonds is 9. The number of benzene rings is 2. The first-order chi connectivity index (χ1) is 16.6. The van der Waals surface area contributed by atoms with Crippen LogP contribution in [0.2, 0.25) is 0 Å². The smallest absolute Gasteiger partial charge is 0.304 e. The third-order valence-electron chi connectivity index (χ3n) is 6.80. The minimum absolute atomic E-state index is 0.110. The van der Waals surface area contributed by atoms with Crippen molar-refractivity contribution in [2.45, 2.75) is 77.4 Å². The Morgan fingerprint density at radius 3 is 2.74 bits per heavy atom. The van der Waals surface area contributed by atoms with Crippen molar-refractivity contribution in [1.82, 2.24) is 5.32 Å². The maximum Gasteiger partial charge on any atom is 0.304 e. The van der Waals surface area contributed by atoms with E-state index in [1.807, 2.05) is 18.2 Å². The lowest BCUT2D eigenvalue weighted by Gasteiger charge is -2.23. The molecule has 6 heteroatoms. The molecule has 1 saturated carbocycles. The molecule has 2 aromatic carbocycles. The number of ether oxygens (including phenoxy) is 1. The molecule has 2 aliphatic rings. The predicted molar refractivity (Wildman–Crippen MR) is 133 cm³/mol. The zero-order valence-corrected chi connectivity index (χ0v) is 20.1. The van der Waals surface area contributed by atoms with Gasteiger partial charge in [-0.25, -0.2) is 0 Å². The van der Waals surface area contributed by atoms with Crippen molar-refractivity contribution in [2.24, 2.45) is 5.16 Å². The maximum absolute atomic E-state index is 10.7.